The number of methoxy groups -OCH3 is 1. The summed E-state index contributed by atoms with van der Waals surface area (Å²) < 4.78 is 10.3. The van der Waals surface area contributed by atoms with Crippen LogP contribution in [0, 0.1) is 0 Å². The molecule has 0 aliphatic carbocycles. The molecule has 114 valence electrons. The van der Waals surface area contributed by atoms with E-state index in [0.29, 0.717) is 17.9 Å². The Bertz CT molecular complexity index is 649. The van der Waals surface area contributed by atoms with Crippen molar-refractivity contribution in [2.75, 3.05) is 7.11 Å². The standard InChI is InChI=1S/C18H18O4/c1-13(18(20)21-2)17(19)15-10-6-7-11-16(15)22-12-14-8-4-3-5-9-14/h3-11,17,19H,1,12H2,2H3. The molecule has 0 radical (unpaired) electrons. The molecule has 0 spiro atoms. The van der Waals surface area contributed by atoms with Gasteiger partial charge in [-0.05, 0) is 11.6 Å². The number of aliphatic hydroxyl groups excluding tert-OH is 1. The Balaban J connectivity index is 2.16. The van der Waals surface area contributed by atoms with E-state index in [2.05, 4.69) is 11.3 Å². The van der Waals surface area contributed by atoms with E-state index in [1.54, 1.807) is 24.3 Å². The first-order valence-electron chi connectivity index (χ1n) is 6.84. The lowest BCUT2D eigenvalue weighted by Crippen LogP contribution is -2.13. The van der Waals surface area contributed by atoms with Gasteiger partial charge in [0.1, 0.15) is 18.5 Å². The zero-order valence-electron chi connectivity index (χ0n) is 12.4. The van der Waals surface area contributed by atoms with E-state index in [-0.39, 0.29) is 5.57 Å². The molecule has 0 heterocycles. The van der Waals surface area contributed by atoms with E-state index in [0.717, 1.165) is 5.56 Å². The van der Waals surface area contributed by atoms with Gasteiger partial charge in [0.25, 0.3) is 0 Å². The molecule has 0 fully saturated rings. The van der Waals surface area contributed by atoms with Crippen LogP contribution in [0.2, 0.25) is 0 Å². The molecule has 0 aromatic heterocycles. The number of esters is 1. The Morgan fingerprint density at radius 1 is 1.14 bits per heavy atom. The van der Waals surface area contributed by atoms with Crippen LogP contribution in [0.25, 0.3) is 0 Å². The van der Waals surface area contributed by atoms with Gasteiger partial charge in [-0.3, -0.25) is 0 Å². The summed E-state index contributed by atoms with van der Waals surface area (Å²) in [5.41, 5.74) is 1.46. The molecule has 2 aromatic rings. The minimum absolute atomic E-state index is 0.0294. The van der Waals surface area contributed by atoms with Crippen molar-refractivity contribution >= 4 is 5.97 Å². The topological polar surface area (TPSA) is 55.8 Å². The first-order valence-corrected chi connectivity index (χ1v) is 6.84. The Morgan fingerprint density at radius 3 is 2.45 bits per heavy atom. The van der Waals surface area contributed by atoms with Crippen LogP contribution in [0.15, 0.2) is 66.7 Å². The maximum absolute atomic E-state index is 11.5. The number of carbonyl (C=O) groups excluding carboxylic acids is 1. The van der Waals surface area contributed by atoms with Crippen LogP contribution in [0.1, 0.15) is 17.2 Å². The van der Waals surface area contributed by atoms with Crippen molar-refractivity contribution in [3.05, 3.63) is 77.9 Å². The highest BCUT2D eigenvalue weighted by Gasteiger charge is 2.22. The maximum Gasteiger partial charge on any atom is 0.336 e. The van der Waals surface area contributed by atoms with Crippen molar-refractivity contribution in [1.29, 1.82) is 0 Å². The summed E-state index contributed by atoms with van der Waals surface area (Å²) in [5.74, 6) is -0.144. The number of ether oxygens (including phenoxy) is 2. The van der Waals surface area contributed by atoms with E-state index in [4.69, 9.17) is 4.74 Å². The summed E-state index contributed by atoms with van der Waals surface area (Å²) in [6.07, 6.45) is -1.17. The largest absolute Gasteiger partial charge is 0.489 e. The Kier molecular flexibility index (Phi) is 5.33. The fourth-order valence-corrected chi connectivity index (χ4v) is 2.00. The summed E-state index contributed by atoms with van der Waals surface area (Å²) in [4.78, 5) is 11.5. The van der Waals surface area contributed by atoms with Crippen LogP contribution in [0.3, 0.4) is 0 Å². The Hall–Kier alpha value is -2.59. The zero-order chi connectivity index (χ0) is 15.9. The van der Waals surface area contributed by atoms with Crippen LogP contribution in [-0.2, 0) is 16.1 Å². The van der Waals surface area contributed by atoms with Crippen molar-refractivity contribution in [1.82, 2.24) is 0 Å². The lowest BCUT2D eigenvalue weighted by molar-refractivity contribution is -0.137. The summed E-state index contributed by atoms with van der Waals surface area (Å²) in [6.45, 7) is 3.95. The van der Waals surface area contributed by atoms with Crippen LogP contribution in [0.5, 0.6) is 5.75 Å². The van der Waals surface area contributed by atoms with Crippen LogP contribution >= 0.6 is 0 Å². The highest BCUT2D eigenvalue weighted by Crippen LogP contribution is 2.30. The third kappa shape index (κ3) is 3.74. The number of carbonyl (C=O) groups is 1. The fraction of sp³-hybridized carbons (Fsp3) is 0.167. The first kappa shape index (κ1) is 15.8. The van der Waals surface area contributed by atoms with Gasteiger partial charge in [0.2, 0.25) is 0 Å². The van der Waals surface area contributed by atoms with Gasteiger partial charge >= 0.3 is 5.97 Å². The molecule has 1 N–H and O–H groups in total. The second-order valence-corrected chi connectivity index (χ2v) is 4.73. The molecular formula is C18H18O4. The maximum atomic E-state index is 11.5. The van der Waals surface area contributed by atoms with Gasteiger partial charge in [-0.15, -0.1) is 0 Å². The molecular weight excluding hydrogens is 280 g/mol. The molecule has 22 heavy (non-hydrogen) atoms. The van der Waals surface area contributed by atoms with E-state index in [1.807, 2.05) is 30.3 Å². The van der Waals surface area contributed by atoms with Gasteiger partial charge in [0.15, 0.2) is 0 Å². The quantitative estimate of drug-likeness (QED) is 0.658. The van der Waals surface area contributed by atoms with Crippen molar-refractivity contribution in [3.63, 3.8) is 0 Å². The van der Waals surface area contributed by atoms with E-state index in [9.17, 15) is 9.90 Å². The number of hydrogen-bond acceptors (Lipinski definition) is 4. The highest BCUT2D eigenvalue weighted by molar-refractivity contribution is 5.89. The number of hydrogen-bond donors (Lipinski definition) is 1. The van der Waals surface area contributed by atoms with Crippen LogP contribution < -0.4 is 4.74 Å². The summed E-state index contributed by atoms with van der Waals surface area (Å²) in [5, 5.41) is 10.3. The summed E-state index contributed by atoms with van der Waals surface area (Å²) in [7, 11) is 1.25. The monoisotopic (exact) mass is 298 g/mol. The Labute approximate surface area is 129 Å². The molecule has 0 aliphatic heterocycles. The minimum Gasteiger partial charge on any atom is -0.489 e. The number of aliphatic hydroxyl groups is 1. The minimum atomic E-state index is -1.17. The second kappa shape index (κ2) is 7.43. The molecule has 0 bridgehead atoms. The average molecular weight is 298 g/mol. The fourth-order valence-electron chi connectivity index (χ4n) is 2.00. The van der Waals surface area contributed by atoms with Crippen molar-refractivity contribution in [2.45, 2.75) is 12.7 Å². The van der Waals surface area contributed by atoms with Crippen molar-refractivity contribution in [3.8, 4) is 5.75 Å². The lowest BCUT2D eigenvalue weighted by atomic mass is 10.0. The molecule has 1 unspecified atom stereocenters. The predicted octanol–water partition coefficient (Wildman–Crippen LogP) is 3.03. The average Bonchev–Trinajstić information content (AvgIpc) is 2.59. The smallest absolute Gasteiger partial charge is 0.336 e. The summed E-state index contributed by atoms with van der Waals surface area (Å²) in [6, 6.07) is 16.7. The molecule has 1 atom stereocenters. The molecule has 0 saturated carbocycles. The van der Waals surface area contributed by atoms with Gasteiger partial charge in [0.05, 0.1) is 12.7 Å². The Morgan fingerprint density at radius 2 is 1.77 bits per heavy atom. The van der Waals surface area contributed by atoms with Gasteiger partial charge in [-0.25, -0.2) is 4.79 Å². The lowest BCUT2D eigenvalue weighted by Gasteiger charge is -2.17. The molecule has 4 nitrogen and oxygen atoms in total. The number of benzene rings is 2. The molecule has 0 aliphatic rings. The van der Waals surface area contributed by atoms with Crippen molar-refractivity contribution in [2.24, 2.45) is 0 Å². The summed E-state index contributed by atoms with van der Waals surface area (Å²) >= 11 is 0. The molecule has 0 saturated heterocycles. The molecule has 2 aromatic carbocycles. The van der Waals surface area contributed by atoms with Crippen molar-refractivity contribution < 1.29 is 19.4 Å². The highest BCUT2D eigenvalue weighted by atomic mass is 16.5. The predicted molar refractivity (Wildman–Crippen MR) is 83.3 cm³/mol. The van der Waals surface area contributed by atoms with Crippen LogP contribution in [-0.4, -0.2) is 18.2 Å². The normalized spacial score (nSPS) is 11.5. The molecule has 0 amide bonds. The molecule has 4 heteroatoms. The zero-order valence-corrected chi connectivity index (χ0v) is 12.4. The van der Waals surface area contributed by atoms with Gasteiger partial charge < -0.3 is 14.6 Å². The first-order chi connectivity index (χ1) is 10.6. The van der Waals surface area contributed by atoms with Gasteiger partial charge in [-0.1, -0.05) is 55.1 Å². The van der Waals surface area contributed by atoms with Crippen LogP contribution in [0.4, 0.5) is 0 Å². The molecule has 2 rings (SSSR count). The number of para-hydroxylation sites is 1. The SMILES string of the molecule is C=C(C(=O)OC)C(O)c1ccccc1OCc1ccccc1. The van der Waals surface area contributed by atoms with Gasteiger partial charge in [0, 0.05) is 5.56 Å². The van der Waals surface area contributed by atoms with E-state index < -0.39 is 12.1 Å². The van der Waals surface area contributed by atoms with E-state index >= 15 is 0 Å². The second-order valence-electron chi connectivity index (χ2n) is 4.73. The third-order valence-electron chi connectivity index (χ3n) is 3.23. The third-order valence-corrected chi connectivity index (χ3v) is 3.23. The van der Waals surface area contributed by atoms with Gasteiger partial charge in [-0.2, -0.15) is 0 Å². The number of rotatable bonds is 6. The van der Waals surface area contributed by atoms with E-state index in [1.165, 1.54) is 7.11 Å².